The van der Waals surface area contributed by atoms with Crippen molar-refractivity contribution < 1.29 is 22.4 Å². The maximum atomic E-state index is 12.2. The minimum Gasteiger partial charge on any atom is -0.435 e. The van der Waals surface area contributed by atoms with Crippen LogP contribution in [0.15, 0.2) is 67.4 Å². The number of nitrogens with zero attached hydrogens (tertiary/aromatic N) is 2. The molecule has 0 fully saturated rings. The Bertz CT molecular complexity index is 1220. The van der Waals surface area contributed by atoms with Crippen molar-refractivity contribution >= 4 is 22.7 Å². The summed E-state index contributed by atoms with van der Waals surface area (Å²) in [6, 6.07) is 13.2. The second kappa shape index (κ2) is 8.66. The molecule has 0 unspecified atom stereocenters. The van der Waals surface area contributed by atoms with E-state index in [0.29, 0.717) is 22.1 Å². The predicted octanol–water partition coefficient (Wildman–Crippen LogP) is 5.30. The Morgan fingerprint density at radius 2 is 1.87 bits per heavy atom. The molecule has 0 N–H and O–H groups in total. The van der Waals surface area contributed by atoms with Gasteiger partial charge in [0.15, 0.2) is 0 Å². The number of ether oxygens (including phenoxy) is 1. The largest absolute Gasteiger partial charge is 0.435 e. The molecule has 4 aromatic rings. The standard InChI is InChI=1S/C21H16F2N2O4S/c1-2-12-3-8-16-14(10-18(26)28-17(16)9-12)11-30-21-25-24-19(29-21)13-4-6-15(7-5-13)27-20(22)23/h3-10,20H,2,11H2,1H3. The third-order valence-electron chi connectivity index (χ3n) is 4.39. The molecular weight excluding hydrogens is 414 g/mol. The van der Waals surface area contributed by atoms with E-state index in [1.165, 1.54) is 30.0 Å². The van der Waals surface area contributed by atoms with E-state index in [0.717, 1.165) is 22.9 Å². The molecule has 0 amide bonds. The molecule has 2 aromatic heterocycles. The number of thioether (sulfide) groups is 1. The van der Waals surface area contributed by atoms with Crippen LogP contribution >= 0.6 is 11.8 Å². The van der Waals surface area contributed by atoms with Crippen molar-refractivity contribution in [2.45, 2.75) is 30.9 Å². The van der Waals surface area contributed by atoms with Crippen LogP contribution in [0.3, 0.4) is 0 Å². The molecule has 0 spiro atoms. The van der Waals surface area contributed by atoms with E-state index in [9.17, 15) is 13.6 Å². The van der Waals surface area contributed by atoms with E-state index in [2.05, 4.69) is 14.9 Å². The molecule has 9 heteroatoms. The topological polar surface area (TPSA) is 78.4 Å². The van der Waals surface area contributed by atoms with Crippen LogP contribution in [0.5, 0.6) is 5.75 Å². The first-order chi connectivity index (χ1) is 14.5. The molecule has 2 heterocycles. The third kappa shape index (κ3) is 4.51. The van der Waals surface area contributed by atoms with Gasteiger partial charge < -0.3 is 13.6 Å². The summed E-state index contributed by atoms with van der Waals surface area (Å²) in [6.07, 6.45) is 0.846. The highest BCUT2D eigenvalue weighted by atomic mass is 32.2. The zero-order valence-electron chi connectivity index (χ0n) is 15.8. The number of aromatic nitrogens is 2. The minimum absolute atomic E-state index is 0.0453. The molecule has 0 saturated carbocycles. The van der Waals surface area contributed by atoms with Gasteiger partial charge in [-0.25, -0.2) is 4.79 Å². The number of hydrogen-bond acceptors (Lipinski definition) is 7. The lowest BCUT2D eigenvalue weighted by molar-refractivity contribution is -0.0498. The Kier molecular flexibility index (Phi) is 5.80. The van der Waals surface area contributed by atoms with Crippen LogP contribution in [0, 0.1) is 0 Å². The summed E-state index contributed by atoms with van der Waals surface area (Å²) in [4.78, 5) is 11.9. The molecule has 154 valence electrons. The normalized spacial score (nSPS) is 11.3. The van der Waals surface area contributed by atoms with Crippen molar-refractivity contribution in [1.82, 2.24) is 10.2 Å². The first-order valence-corrected chi connectivity index (χ1v) is 10.1. The Labute approximate surface area is 173 Å². The van der Waals surface area contributed by atoms with Crippen molar-refractivity contribution in [1.29, 1.82) is 0 Å². The summed E-state index contributed by atoms with van der Waals surface area (Å²) < 4.78 is 39.8. The van der Waals surface area contributed by atoms with Gasteiger partial charge in [0.05, 0.1) is 0 Å². The zero-order chi connectivity index (χ0) is 21.1. The highest BCUT2D eigenvalue weighted by Crippen LogP contribution is 2.29. The van der Waals surface area contributed by atoms with E-state index >= 15 is 0 Å². The Morgan fingerprint density at radius 3 is 2.60 bits per heavy atom. The van der Waals surface area contributed by atoms with Gasteiger partial charge in [0, 0.05) is 22.8 Å². The monoisotopic (exact) mass is 430 g/mol. The lowest BCUT2D eigenvalue weighted by atomic mass is 10.1. The second-order valence-corrected chi connectivity index (χ2v) is 7.27. The van der Waals surface area contributed by atoms with Crippen LogP contribution in [0.1, 0.15) is 18.1 Å². The van der Waals surface area contributed by atoms with Gasteiger partial charge in [-0.1, -0.05) is 30.8 Å². The number of aryl methyl sites for hydroxylation is 1. The van der Waals surface area contributed by atoms with Gasteiger partial charge in [-0.05, 0) is 47.9 Å². The van der Waals surface area contributed by atoms with E-state index in [-0.39, 0.29) is 11.6 Å². The molecule has 0 aliphatic carbocycles. The molecule has 0 radical (unpaired) electrons. The molecule has 0 aliphatic heterocycles. The fraction of sp³-hybridized carbons (Fsp3) is 0.190. The summed E-state index contributed by atoms with van der Waals surface area (Å²) >= 11 is 1.29. The Balaban J connectivity index is 1.50. The number of benzene rings is 2. The van der Waals surface area contributed by atoms with Gasteiger partial charge >= 0.3 is 12.2 Å². The number of fused-ring (bicyclic) bond motifs is 1. The van der Waals surface area contributed by atoms with E-state index in [1.807, 2.05) is 25.1 Å². The molecule has 0 aliphatic rings. The van der Waals surface area contributed by atoms with Crippen molar-refractivity contribution in [3.05, 3.63) is 70.1 Å². The van der Waals surface area contributed by atoms with Crippen molar-refractivity contribution in [2.75, 3.05) is 0 Å². The van der Waals surface area contributed by atoms with E-state index in [4.69, 9.17) is 8.83 Å². The van der Waals surface area contributed by atoms with Crippen LogP contribution in [0.4, 0.5) is 8.78 Å². The molecule has 0 saturated heterocycles. The van der Waals surface area contributed by atoms with Crippen molar-refractivity contribution in [3.63, 3.8) is 0 Å². The van der Waals surface area contributed by atoms with E-state index < -0.39 is 12.2 Å². The minimum atomic E-state index is -2.88. The van der Waals surface area contributed by atoms with Gasteiger partial charge in [-0.3, -0.25) is 0 Å². The van der Waals surface area contributed by atoms with Gasteiger partial charge in [0.1, 0.15) is 11.3 Å². The predicted molar refractivity (Wildman–Crippen MR) is 108 cm³/mol. The van der Waals surface area contributed by atoms with Crippen LogP contribution in [-0.2, 0) is 12.2 Å². The number of rotatable bonds is 7. The SMILES string of the molecule is CCc1ccc2c(CSc3nnc(-c4ccc(OC(F)F)cc4)o3)cc(=O)oc2c1. The third-order valence-corrected chi connectivity index (χ3v) is 5.25. The fourth-order valence-electron chi connectivity index (χ4n) is 2.92. The summed E-state index contributed by atoms with van der Waals surface area (Å²) in [5, 5.41) is 9.17. The average Bonchev–Trinajstić information content (AvgIpc) is 3.20. The summed E-state index contributed by atoms with van der Waals surface area (Å²) in [7, 11) is 0. The smallest absolute Gasteiger partial charge is 0.387 e. The number of halogens is 2. The highest BCUT2D eigenvalue weighted by molar-refractivity contribution is 7.98. The molecule has 4 rings (SSSR count). The molecule has 0 bridgehead atoms. The molecular formula is C21H16F2N2O4S. The highest BCUT2D eigenvalue weighted by Gasteiger charge is 2.13. The zero-order valence-corrected chi connectivity index (χ0v) is 16.6. The van der Waals surface area contributed by atoms with Gasteiger partial charge in [0.25, 0.3) is 5.22 Å². The van der Waals surface area contributed by atoms with Crippen LogP contribution < -0.4 is 10.4 Å². The Morgan fingerprint density at radius 1 is 1.07 bits per heavy atom. The maximum absolute atomic E-state index is 12.2. The summed E-state index contributed by atoms with van der Waals surface area (Å²) in [6.45, 7) is -0.849. The lowest BCUT2D eigenvalue weighted by Crippen LogP contribution is -2.01. The lowest BCUT2D eigenvalue weighted by Gasteiger charge is -2.05. The van der Waals surface area contributed by atoms with Crippen molar-refractivity contribution in [2.24, 2.45) is 0 Å². The second-order valence-electron chi connectivity index (χ2n) is 6.34. The van der Waals surface area contributed by atoms with Gasteiger partial charge in [-0.2, -0.15) is 8.78 Å². The molecule has 30 heavy (non-hydrogen) atoms. The molecule has 2 aromatic carbocycles. The van der Waals surface area contributed by atoms with Gasteiger partial charge in [0.2, 0.25) is 5.89 Å². The molecule has 0 atom stereocenters. The van der Waals surface area contributed by atoms with Crippen molar-refractivity contribution in [3.8, 4) is 17.2 Å². The quantitative estimate of drug-likeness (QED) is 0.291. The maximum Gasteiger partial charge on any atom is 0.387 e. The summed E-state index contributed by atoms with van der Waals surface area (Å²) in [5.74, 6) is 0.742. The first kappa shape index (κ1) is 20.1. The Hall–Kier alpha value is -3.20. The number of alkyl halides is 2. The van der Waals surface area contributed by atoms with Crippen LogP contribution in [-0.4, -0.2) is 16.8 Å². The van der Waals surface area contributed by atoms with Crippen LogP contribution in [0.25, 0.3) is 22.4 Å². The first-order valence-electron chi connectivity index (χ1n) is 9.09. The fourth-order valence-corrected chi connectivity index (χ4v) is 3.67. The van der Waals surface area contributed by atoms with Gasteiger partial charge in [-0.15, -0.1) is 10.2 Å². The van der Waals surface area contributed by atoms with Crippen LogP contribution in [0.2, 0.25) is 0 Å². The molecule has 6 nitrogen and oxygen atoms in total. The van der Waals surface area contributed by atoms with E-state index in [1.54, 1.807) is 12.1 Å². The number of hydrogen-bond donors (Lipinski definition) is 0. The summed E-state index contributed by atoms with van der Waals surface area (Å²) in [5.41, 5.74) is 2.61. The average molecular weight is 430 g/mol.